The van der Waals surface area contributed by atoms with Crippen molar-refractivity contribution in [1.82, 2.24) is 10.2 Å². The summed E-state index contributed by atoms with van der Waals surface area (Å²) in [5.41, 5.74) is 0.118. The lowest BCUT2D eigenvalue weighted by Gasteiger charge is -2.34. The van der Waals surface area contributed by atoms with Crippen LogP contribution in [0.2, 0.25) is 0 Å². The zero-order valence-electron chi connectivity index (χ0n) is 11.7. The van der Waals surface area contributed by atoms with Gasteiger partial charge in [-0.25, -0.2) is 0 Å². The molecule has 0 spiro atoms. The van der Waals surface area contributed by atoms with Crippen LogP contribution in [0.4, 0.5) is 0 Å². The third-order valence-electron chi connectivity index (χ3n) is 4.10. The van der Waals surface area contributed by atoms with Gasteiger partial charge in [-0.3, -0.25) is 0 Å². The first kappa shape index (κ1) is 13.3. The highest BCUT2D eigenvalue weighted by molar-refractivity contribution is 4.84. The van der Waals surface area contributed by atoms with E-state index in [1.807, 2.05) is 0 Å². The second-order valence-corrected chi connectivity index (χ2v) is 6.17. The molecule has 2 heterocycles. The quantitative estimate of drug-likeness (QED) is 0.813. The summed E-state index contributed by atoms with van der Waals surface area (Å²) in [4.78, 5) is 2.58. The molecule has 3 nitrogen and oxygen atoms in total. The lowest BCUT2D eigenvalue weighted by Crippen LogP contribution is -2.45. The Hall–Kier alpha value is -0.120. The highest BCUT2D eigenvalue weighted by atomic mass is 16.5. The van der Waals surface area contributed by atoms with Crippen LogP contribution in [0.1, 0.15) is 46.5 Å². The summed E-state index contributed by atoms with van der Waals surface area (Å²) in [7, 11) is 0. The van der Waals surface area contributed by atoms with E-state index in [2.05, 4.69) is 31.0 Å². The molecule has 2 aliphatic rings. The molecule has 3 heteroatoms. The van der Waals surface area contributed by atoms with Gasteiger partial charge in [0.05, 0.1) is 11.7 Å². The van der Waals surface area contributed by atoms with E-state index in [0.717, 1.165) is 19.1 Å². The SMILES string of the molecule is CCNC1CCN(CC2CCC(C)(C)O2)CC1. The number of piperidine rings is 1. The van der Waals surface area contributed by atoms with Crippen molar-refractivity contribution in [2.75, 3.05) is 26.2 Å². The summed E-state index contributed by atoms with van der Waals surface area (Å²) in [6.07, 6.45) is 5.51. The van der Waals surface area contributed by atoms with Crippen molar-refractivity contribution in [3.63, 3.8) is 0 Å². The molecule has 0 radical (unpaired) electrons. The molecule has 0 aromatic carbocycles. The van der Waals surface area contributed by atoms with E-state index in [9.17, 15) is 0 Å². The smallest absolute Gasteiger partial charge is 0.0710 e. The molecule has 0 amide bonds. The van der Waals surface area contributed by atoms with Crippen LogP contribution in [0.25, 0.3) is 0 Å². The Bertz CT molecular complexity index is 234. The summed E-state index contributed by atoms with van der Waals surface area (Å²) >= 11 is 0. The van der Waals surface area contributed by atoms with Gasteiger partial charge in [-0.15, -0.1) is 0 Å². The molecule has 17 heavy (non-hydrogen) atoms. The second kappa shape index (κ2) is 5.68. The van der Waals surface area contributed by atoms with Crippen LogP contribution in [-0.4, -0.2) is 48.8 Å². The predicted molar refractivity (Wildman–Crippen MR) is 71.3 cm³/mol. The molecule has 0 aromatic rings. The first-order valence-corrected chi connectivity index (χ1v) is 7.22. The van der Waals surface area contributed by atoms with Crippen LogP contribution in [0, 0.1) is 0 Å². The molecule has 0 aliphatic carbocycles. The Kier molecular flexibility index (Phi) is 4.45. The van der Waals surface area contributed by atoms with E-state index in [0.29, 0.717) is 6.10 Å². The molecule has 2 saturated heterocycles. The zero-order valence-corrected chi connectivity index (χ0v) is 11.7. The zero-order chi connectivity index (χ0) is 12.3. The first-order chi connectivity index (χ1) is 8.09. The van der Waals surface area contributed by atoms with Crippen molar-refractivity contribution in [3.8, 4) is 0 Å². The first-order valence-electron chi connectivity index (χ1n) is 7.22. The number of nitrogens with one attached hydrogen (secondary N) is 1. The number of rotatable bonds is 4. The molecule has 0 saturated carbocycles. The van der Waals surface area contributed by atoms with Crippen molar-refractivity contribution in [3.05, 3.63) is 0 Å². The molecule has 0 bridgehead atoms. The monoisotopic (exact) mass is 240 g/mol. The molecule has 2 fully saturated rings. The molecule has 2 rings (SSSR count). The second-order valence-electron chi connectivity index (χ2n) is 6.17. The molecule has 0 aromatic heterocycles. The molecule has 1 unspecified atom stereocenters. The molecular formula is C14H28N2O. The Morgan fingerprint density at radius 1 is 1.24 bits per heavy atom. The summed E-state index contributed by atoms with van der Waals surface area (Å²) in [5.74, 6) is 0. The van der Waals surface area contributed by atoms with Crippen molar-refractivity contribution in [2.24, 2.45) is 0 Å². The average molecular weight is 240 g/mol. The number of hydrogen-bond acceptors (Lipinski definition) is 3. The van der Waals surface area contributed by atoms with Gasteiger partial charge < -0.3 is 15.0 Å². The normalized spacial score (nSPS) is 30.9. The van der Waals surface area contributed by atoms with Crippen LogP contribution in [0.5, 0.6) is 0 Å². The molecular weight excluding hydrogens is 212 g/mol. The van der Waals surface area contributed by atoms with Crippen LogP contribution in [0.3, 0.4) is 0 Å². The van der Waals surface area contributed by atoms with Gasteiger partial charge in [-0.2, -0.15) is 0 Å². The van der Waals surface area contributed by atoms with E-state index >= 15 is 0 Å². The van der Waals surface area contributed by atoms with Gasteiger partial charge in [0.15, 0.2) is 0 Å². The van der Waals surface area contributed by atoms with Crippen LogP contribution < -0.4 is 5.32 Å². The van der Waals surface area contributed by atoms with Crippen LogP contribution >= 0.6 is 0 Å². The fraction of sp³-hybridized carbons (Fsp3) is 1.00. The molecule has 1 N–H and O–H groups in total. The van der Waals surface area contributed by atoms with Gasteiger partial charge in [0, 0.05) is 12.6 Å². The van der Waals surface area contributed by atoms with Gasteiger partial charge in [-0.05, 0) is 59.2 Å². The molecule has 100 valence electrons. The van der Waals surface area contributed by atoms with Gasteiger partial charge in [0.2, 0.25) is 0 Å². The lowest BCUT2D eigenvalue weighted by atomic mass is 10.0. The highest BCUT2D eigenvalue weighted by Crippen LogP contribution is 2.30. The maximum atomic E-state index is 6.07. The number of likely N-dealkylation sites (tertiary alicyclic amines) is 1. The summed E-state index contributed by atoms with van der Waals surface area (Å²) in [6.45, 7) is 11.3. The topological polar surface area (TPSA) is 24.5 Å². The maximum absolute atomic E-state index is 6.07. The molecule has 1 atom stereocenters. The number of nitrogens with zero attached hydrogens (tertiary/aromatic N) is 1. The third kappa shape index (κ3) is 3.94. The van der Waals surface area contributed by atoms with Crippen molar-refractivity contribution in [1.29, 1.82) is 0 Å². The number of hydrogen-bond donors (Lipinski definition) is 1. The van der Waals surface area contributed by atoms with E-state index in [1.165, 1.54) is 38.8 Å². The van der Waals surface area contributed by atoms with Gasteiger partial charge in [0.1, 0.15) is 0 Å². The van der Waals surface area contributed by atoms with E-state index in [-0.39, 0.29) is 5.60 Å². The maximum Gasteiger partial charge on any atom is 0.0710 e. The lowest BCUT2D eigenvalue weighted by molar-refractivity contribution is -0.0312. The fourth-order valence-electron chi connectivity index (χ4n) is 3.10. The van der Waals surface area contributed by atoms with E-state index < -0.39 is 0 Å². The van der Waals surface area contributed by atoms with Gasteiger partial charge in [-0.1, -0.05) is 6.92 Å². The van der Waals surface area contributed by atoms with E-state index in [1.54, 1.807) is 0 Å². The summed E-state index contributed by atoms with van der Waals surface area (Å²) in [5, 5.41) is 3.55. The van der Waals surface area contributed by atoms with Crippen LogP contribution in [0.15, 0.2) is 0 Å². The minimum atomic E-state index is 0.118. The van der Waals surface area contributed by atoms with Crippen molar-refractivity contribution in [2.45, 2.75) is 64.2 Å². The number of ether oxygens (including phenoxy) is 1. The largest absolute Gasteiger partial charge is 0.371 e. The predicted octanol–water partition coefficient (Wildman–Crippen LogP) is 2.02. The Balaban J connectivity index is 1.68. The minimum Gasteiger partial charge on any atom is -0.371 e. The average Bonchev–Trinajstić information content (AvgIpc) is 2.61. The Morgan fingerprint density at radius 3 is 2.47 bits per heavy atom. The Labute approximate surface area is 106 Å². The standard InChI is InChI=1S/C14H28N2O/c1-4-15-12-6-9-16(10-7-12)11-13-5-8-14(2,3)17-13/h12-13,15H,4-11H2,1-3H3. The summed E-state index contributed by atoms with van der Waals surface area (Å²) < 4.78 is 6.07. The minimum absolute atomic E-state index is 0.118. The van der Waals surface area contributed by atoms with E-state index in [4.69, 9.17) is 4.74 Å². The summed E-state index contributed by atoms with van der Waals surface area (Å²) in [6, 6.07) is 0.747. The fourth-order valence-corrected chi connectivity index (χ4v) is 3.10. The van der Waals surface area contributed by atoms with Crippen molar-refractivity contribution >= 4 is 0 Å². The van der Waals surface area contributed by atoms with Gasteiger partial charge >= 0.3 is 0 Å². The third-order valence-corrected chi connectivity index (χ3v) is 4.10. The van der Waals surface area contributed by atoms with Crippen molar-refractivity contribution < 1.29 is 4.74 Å². The van der Waals surface area contributed by atoms with Crippen LogP contribution in [-0.2, 0) is 4.74 Å². The highest BCUT2D eigenvalue weighted by Gasteiger charge is 2.33. The Morgan fingerprint density at radius 2 is 1.94 bits per heavy atom. The molecule has 2 aliphatic heterocycles. The van der Waals surface area contributed by atoms with Gasteiger partial charge in [0.25, 0.3) is 0 Å².